The average molecular weight is 331 g/mol. The van der Waals surface area contributed by atoms with Gasteiger partial charge in [-0.05, 0) is 36.6 Å². The minimum Gasteiger partial charge on any atom is -0.396 e. The van der Waals surface area contributed by atoms with Crippen molar-refractivity contribution in [3.63, 3.8) is 0 Å². The molecule has 0 aliphatic heterocycles. The van der Waals surface area contributed by atoms with Crippen LogP contribution in [0, 0.1) is 11.7 Å². The molecule has 5 nitrogen and oxygen atoms in total. The van der Waals surface area contributed by atoms with Gasteiger partial charge in [-0.15, -0.1) is 0 Å². The molecule has 1 unspecified atom stereocenters. The van der Waals surface area contributed by atoms with Gasteiger partial charge in [-0.3, -0.25) is 4.98 Å². The van der Waals surface area contributed by atoms with E-state index >= 15 is 0 Å². The molecule has 0 radical (unpaired) electrons. The van der Waals surface area contributed by atoms with E-state index in [9.17, 15) is 14.3 Å². The van der Waals surface area contributed by atoms with Crippen LogP contribution in [0.3, 0.4) is 0 Å². The van der Waals surface area contributed by atoms with E-state index < -0.39 is 0 Å². The van der Waals surface area contributed by atoms with Crippen LogP contribution in [0.2, 0.25) is 0 Å². The lowest BCUT2D eigenvalue weighted by molar-refractivity contribution is 0.213. The minimum absolute atomic E-state index is 0.0356. The van der Waals surface area contributed by atoms with E-state index in [1.807, 2.05) is 18.2 Å². The molecule has 1 aromatic heterocycles. The Morgan fingerprint density at radius 2 is 1.96 bits per heavy atom. The lowest BCUT2D eigenvalue weighted by Gasteiger charge is -2.15. The maximum atomic E-state index is 13.5. The standard InChI is InChI=1S/C18H22FN3O2/c19-17-7-2-1-5-15(17)8-10-21-18(24)22-12-14(13-23)11-16-6-3-4-9-20-16/h1-7,9,14,23H,8,10-13H2,(H2,21,22,24). The Labute approximate surface area is 140 Å². The molecule has 0 fully saturated rings. The van der Waals surface area contributed by atoms with Crippen LogP contribution >= 0.6 is 0 Å². The number of aromatic nitrogens is 1. The number of aliphatic hydroxyl groups excluding tert-OH is 1. The topological polar surface area (TPSA) is 74.2 Å². The predicted molar refractivity (Wildman–Crippen MR) is 90.0 cm³/mol. The fourth-order valence-electron chi connectivity index (χ4n) is 2.33. The van der Waals surface area contributed by atoms with Gasteiger partial charge in [0.15, 0.2) is 0 Å². The van der Waals surface area contributed by atoms with Crippen LogP contribution in [-0.2, 0) is 12.8 Å². The number of pyridine rings is 1. The molecule has 1 aromatic carbocycles. The molecule has 2 aromatic rings. The number of halogens is 1. The monoisotopic (exact) mass is 331 g/mol. The molecule has 3 N–H and O–H groups in total. The van der Waals surface area contributed by atoms with E-state index in [2.05, 4.69) is 15.6 Å². The number of benzene rings is 1. The zero-order valence-corrected chi connectivity index (χ0v) is 13.4. The van der Waals surface area contributed by atoms with Crippen molar-refractivity contribution < 1.29 is 14.3 Å². The summed E-state index contributed by atoms with van der Waals surface area (Å²) in [7, 11) is 0. The molecule has 0 saturated heterocycles. The molecule has 0 spiro atoms. The molecule has 2 amide bonds. The summed E-state index contributed by atoms with van der Waals surface area (Å²) >= 11 is 0. The van der Waals surface area contributed by atoms with Gasteiger partial charge in [0.25, 0.3) is 0 Å². The maximum absolute atomic E-state index is 13.5. The first-order chi connectivity index (χ1) is 11.7. The van der Waals surface area contributed by atoms with E-state index in [-0.39, 0.29) is 24.4 Å². The van der Waals surface area contributed by atoms with Gasteiger partial charge < -0.3 is 15.7 Å². The van der Waals surface area contributed by atoms with Crippen molar-refractivity contribution in [2.75, 3.05) is 19.7 Å². The SMILES string of the molecule is O=C(NCCc1ccccc1F)NCC(CO)Cc1ccccn1. The Hall–Kier alpha value is -2.47. The van der Waals surface area contributed by atoms with Gasteiger partial charge in [0.1, 0.15) is 5.82 Å². The van der Waals surface area contributed by atoms with Gasteiger partial charge in [0.05, 0.1) is 0 Å². The smallest absolute Gasteiger partial charge is 0.314 e. The summed E-state index contributed by atoms with van der Waals surface area (Å²) in [5.41, 5.74) is 1.44. The number of carbonyl (C=O) groups is 1. The molecule has 6 heteroatoms. The van der Waals surface area contributed by atoms with E-state index in [1.165, 1.54) is 6.07 Å². The van der Waals surface area contributed by atoms with Crippen LogP contribution in [0.15, 0.2) is 48.7 Å². The second-order valence-electron chi connectivity index (χ2n) is 5.55. The van der Waals surface area contributed by atoms with E-state index in [0.29, 0.717) is 31.5 Å². The molecule has 1 atom stereocenters. The summed E-state index contributed by atoms with van der Waals surface area (Å²) < 4.78 is 13.5. The van der Waals surface area contributed by atoms with E-state index in [1.54, 1.807) is 24.4 Å². The normalized spacial score (nSPS) is 11.8. The summed E-state index contributed by atoms with van der Waals surface area (Å²) in [6.45, 7) is 0.654. The highest BCUT2D eigenvalue weighted by Crippen LogP contribution is 2.06. The molecule has 24 heavy (non-hydrogen) atoms. The Morgan fingerprint density at radius 3 is 2.67 bits per heavy atom. The van der Waals surface area contributed by atoms with Crippen LogP contribution in [0.4, 0.5) is 9.18 Å². The number of amides is 2. The number of carbonyl (C=O) groups excluding carboxylic acids is 1. The third kappa shape index (κ3) is 5.96. The quantitative estimate of drug-likeness (QED) is 0.692. The number of hydrogen-bond donors (Lipinski definition) is 3. The summed E-state index contributed by atoms with van der Waals surface area (Å²) in [5, 5.41) is 14.8. The van der Waals surface area contributed by atoms with Crippen molar-refractivity contribution in [2.45, 2.75) is 12.8 Å². The number of nitrogens with one attached hydrogen (secondary N) is 2. The van der Waals surface area contributed by atoms with Crippen LogP contribution in [0.25, 0.3) is 0 Å². The molecule has 1 heterocycles. The van der Waals surface area contributed by atoms with Crippen LogP contribution in [-0.4, -0.2) is 35.8 Å². The summed E-state index contributed by atoms with van der Waals surface area (Å²) in [6.07, 6.45) is 2.72. The van der Waals surface area contributed by atoms with Gasteiger partial charge in [-0.2, -0.15) is 0 Å². The van der Waals surface area contributed by atoms with Crippen molar-refractivity contribution in [3.8, 4) is 0 Å². The van der Waals surface area contributed by atoms with E-state index in [4.69, 9.17) is 0 Å². The first-order valence-corrected chi connectivity index (χ1v) is 7.95. The molecular formula is C18H22FN3O2. The van der Waals surface area contributed by atoms with Crippen LogP contribution in [0.5, 0.6) is 0 Å². The minimum atomic E-state index is -0.328. The largest absolute Gasteiger partial charge is 0.396 e. The van der Waals surface area contributed by atoms with Gasteiger partial charge in [0, 0.05) is 37.5 Å². The molecular weight excluding hydrogens is 309 g/mol. The van der Waals surface area contributed by atoms with Crippen molar-refractivity contribution in [1.82, 2.24) is 15.6 Å². The Kier molecular flexibility index (Phi) is 7.17. The van der Waals surface area contributed by atoms with Crippen molar-refractivity contribution in [2.24, 2.45) is 5.92 Å². The zero-order valence-electron chi connectivity index (χ0n) is 13.4. The fraction of sp³-hybridized carbons (Fsp3) is 0.333. The second kappa shape index (κ2) is 9.62. The first kappa shape index (κ1) is 17.9. The van der Waals surface area contributed by atoms with Crippen LogP contribution < -0.4 is 10.6 Å². The third-order valence-electron chi connectivity index (χ3n) is 3.67. The summed E-state index contributed by atoms with van der Waals surface area (Å²) in [5.74, 6) is -0.368. The summed E-state index contributed by atoms with van der Waals surface area (Å²) in [6, 6.07) is 11.8. The Balaban J connectivity index is 1.69. The molecule has 0 bridgehead atoms. The highest BCUT2D eigenvalue weighted by Gasteiger charge is 2.11. The average Bonchev–Trinajstić information content (AvgIpc) is 2.61. The van der Waals surface area contributed by atoms with Gasteiger partial charge in [-0.1, -0.05) is 24.3 Å². The Bertz CT molecular complexity index is 637. The Morgan fingerprint density at radius 1 is 1.17 bits per heavy atom. The lowest BCUT2D eigenvalue weighted by atomic mass is 10.0. The number of nitrogens with zero attached hydrogens (tertiary/aromatic N) is 1. The van der Waals surface area contributed by atoms with Gasteiger partial charge in [-0.25, -0.2) is 9.18 Å². The first-order valence-electron chi connectivity index (χ1n) is 7.95. The van der Waals surface area contributed by atoms with Crippen LogP contribution in [0.1, 0.15) is 11.3 Å². The second-order valence-corrected chi connectivity index (χ2v) is 5.55. The highest BCUT2D eigenvalue weighted by molar-refractivity contribution is 5.73. The zero-order chi connectivity index (χ0) is 17.2. The molecule has 0 aliphatic rings. The number of aliphatic hydroxyl groups is 1. The summed E-state index contributed by atoms with van der Waals surface area (Å²) in [4.78, 5) is 16.0. The number of hydrogen-bond acceptors (Lipinski definition) is 3. The number of rotatable bonds is 8. The van der Waals surface area contributed by atoms with Crippen molar-refractivity contribution in [1.29, 1.82) is 0 Å². The van der Waals surface area contributed by atoms with Crippen molar-refractivity contribution >= 4 is 6.03 Å². The molecule has 0 aliphatic carbocycles. The molecule has 2 rings (SSSR count). The molecule has 128 valence electrons. The van der Waals surface area contributed by atoms with Crippen molar-refractivity contribution in [3.05, 3.63) is 65.7 Å². The fourth-order valence-corrected chi connectivity index (χ4v) is 2.33. The van der Waals surface area contributed by atoms with Gasteiger partial charge >= 0.3 is 6.03 Å². The highest BCUT2D eigenvalue weighted by atomic mass is 19.1. The maximum Gasteiger partial charge on any atom is 0.314 e. The number of urea groups is 1. The third-order valence-corrected chi connectivity index (χ3v) is 3.67. The molecule has 0 saturated carbocycles. The van der Waals surface area contributed by atoms with Gasteiger partial charge in [0.2, 0.25) is 0 Å². The predicted octanol–water partition coefficient (Wildman–Crippen LogP) is 1.91. The van der Waals surface area contributed by atoms with E-state index in [0.717, 1.165) is 5.69 Å². The lowest BCUT2D eigenvalue weighted by Crippen LogP contribution is -2.40.